The van der Waals surface area contributed by atoms with E-state index in [2.05, 4.69) is 47.4 Å². The first kappa shape index (κ1) is 12.6. The molecule has 2 rings (SSSR count). The number of aromatic amines is 1. The van der Waals surface area contributed by atoms with Crippen molar-refractivity contribution in [3.63, 3.8) is 0 Å². The van der Waals surface area contributed by atoms with Crippen molar-refractivity contribution in [2.24, 2.45) is 0 Å². The summed E-state index contributed by atoms with van der Waals surface area (Å²) in [6.07, 6.45) is 0. The molecule has 17 heavy (non-hydrogen) atoms. The van der Waals surface area contributed by atoms with Gasteiger partial charge in [0.2, 0.25) is 0 Å². The van der Waals surface area contributed by atoms with Gasteiger partial charge in [-0.3, -0.25) is 9.89 Å². The van der Waals surface area contributed by atoms with E-state index in [0.717, 1.165) is 14.0 Å². The Balaban J connectivity index is 2.20. The summed E-state index contributed by atoms with van der Waals surface area (Å²) in [6, 6.07) is 1.74. The van der Waals surface area contributed by atoms with Gasteiger partial charge in [0.25, 0.3) is 5.91 Å². The van der Waals surface area contributed by atoms with Crippen LogP contribution in [-0.2, 0) is 0 Å². The summed E-state index contributed by atoms with van der Waals surface area (Å²) in [5, 5.41) is 9.27. The number of nitrogens with one attached hydrogen (secondary N) is 2. The quantitative estimate of drug-likeness (QED) is 0.749. The van der Waals surface area contributed by atoms with Crippen LogP contribution in [0.15, 0.2) is 14.3 Å². The maximum absolute atomic E-state index is 11.9. The number of H-pyrrole nitrogens is 1. The third-order valence-corrected chi connectivity index (χ3v) is 5.35. The van der Waals surface area contributed by atoms with Crippen molar-refractivity contribution in [1.29, 1.82) is 0 Å². The molecule has 0 fully saturated rings. The van der Waals surface area contributed by atoms with E-state index in [1.807, 2.05) is 0 Å². The molecule has 0 saturated carbocycles. The van der Waals surface area contributed by atoms with Crippen molar-refractivity contribution in [2.75, 3.05) is 11.1 Å². The van der Waals surface area contributed by atoms with Crippen molar-refractivity contribution in [1.82, 2.24) is 10.2 Å². The Kier molecular flexibility index (Phi) is 3.55. The third-order valence-electron chi connectivity index (χ3n) is 2.10. The molecule has 0 spiro atoms. The van der Waals surface area contributed by atoms with Gasteiger partial charge in [0.15, 0.2) is 5.82 Å². The first-order chi connectivity index (χ1) is 7.99. The van der Waals surface area contributed by atoms with Gasteiger partial charge in [-0.15, -0.1) is 11.3 Å². The van der Waals surface area contributed by atoms with Gasteiger partial charge >= 0.3 is 0 Å². The van der Waals surface area contributed by atoms with Crippen molar-refractivity contribution >= 4 is 60.6 Å². The minimum Gasteiger partial charge on any atom is -0.394 e. The Hall–Kier alpha value is -0.860. The Labute approximate surface area is 118 Å². The molecule has 8 heteroatoms. The minimum atomic E-state index is -0.236. The fourth-order valence-electron chi connectivity index (χ4n) is 1.16. The molecule has 1 amide bonds. The second-order valence-corrected chi connectivity index (χ2v) is 6.52. The number of carbonyl (C=O) groups is 1. The Bertz CT molecular complexity index is 558. The van der Waals surface area contributed by atoms with E-state index >= 15 is 0 Å². The highest BCUT2D eigenvalue weighted by atomic mass is 79.9. The topological polar surface area (TPSA) is 83.8 Å². The van der Waals surface area contributed by atoms with Crippen molar-refractivity contribution in [3.05, 3.63) is 24.9 Å². The Morgan fingerprint density at radius 3 is 2.76 bits per heavy atom. The predicted octanol–water partition coefficient (Wildman–Crippen LogP) is 3.14. The lowest BCUT2D eigenvalue weighted by Gasteiger charge is -2.00. The highest BCUT2D eigenvalue weighted by molar-refractivity contribution is 9.13. The maximum atomic E-state index is 11.9. The lowest BCUT2D eigenvalue weighted by Crippen LogP contribution is -2.11. The number of rotatable bonds is 2. The summed E-state index contributed by atoms with van der Waals surface area (Å²) in [7, 11) is 0. The van der Waals surface area contributed by atoms with Gasteiger partial charge in [-0.1, -0.05) is 0 Å². The summed E-state index contributed by atoms with van der Waals surface area (Å²) >= 11 is 7.99. The summed E-state index contributed by atoms with van der Waals surface area (Å²) in [4.78, 5) is 12.5. The number of hydrogen-bond donors (Lipinski definition) is 3. The first-order valence-electron chi connectivity index (χ1n) is 4.55. The largest absolute Gasteiger partial charge is 0.394 e. The zero-order valence-electron chi connectivity index (χ0n) is 8.67. The molecule has 0 aliphatic rings. The summed E-state index contributed by atoms with van der Waals surface area (Å²) in [6.45, 7) is 1.79. The van der Waals surface area contributed by atoms with Gasteiger partial charge in [0.05, 0.1) is 20.0 Å². The van der Waals surface area contributed by atoms with Crippen molar-refractivity contribution < 1.29 is 4.79 Å². The van der Waals surface area contributed by atoms with E-state index in [0.29, 0.717) is 16.4 Å². The number of amides is 1. The number of nitrogens with zero attached hydrogens (tertiary/aromatic N) is 1. The molecule has 0 aliphatic heterocycles. The average molecular weight is 380 g/mol. The molecule has 0 radical (unpaired) electrons. The van der Waals surface area contributed by atoms with E-state index in [4.69, 9.17) is 5.73 Å². The van der Waals surface area contributed by atoms with Gasteiger partial charge in [-0.25, -0.2) is 0 Å². The van der Waals surface area contributed by atoms with Crippen LogP contribution in [0.4, 0.5) is 11.5 Å². The molecule has 0 unspecified atom stereocenters. The van der Waals surface area contributed by atoms with Gasteiger partial charge in [0.1, 0.15) is 0 Å². The monoisotopic (exact) mass is 378 g/mol. The van der Waals surface area contributed by atoms with Gasteiger partial charge < -0.3 is 11.1 Å². The smallest absolute Gasteiger partial charge is 0.267 e. The molecule has 0 saturated heterocycles. The number of anilines is 2. The van der Waals surface area contributed by atoms with Crippen LogP contribution in [0.1, 0.15) is 15.4 Å². The van der Waals surface area contributed by atoms with Crippen LogP contribution < -0.4 is 11.1 Å². The second kappa shape index (κ2) is 4.79. The summed E-state index contributed by atoms with van der Waals surface area (Å²) in [5.41, 5.74) is 6.92. The maximum Gasteiger partial charge on any atom is 0.267 e. The Morgan fingerprint density at radius 1 is 1.59 bits per heavy atom. The molecule has 0 aromatic carbocycles. The molecule has 2 aromatic heterocycles. The molecule has 4 N–H and O–H groups in total. The van der Waals surface area contributed by atoms with E-state index < -0.39 is 0 Å². The van der Waals surface area contributed by atoms with Crippen molar-refractivity contribution in [3.8, 4) is 0 Å². The average Bonchev–Trinajstić information content (AvgIpc) is 2.77. The van der Waals surface area contributed by atoms with E-state index in [1.165, 1.54) is 11.3 Å². The van der Waals surface area contributed by atoms with Crippen LogP contribution in [0.5, 0.6) is 0 Å². The molecule has 0 atom stereocenters. The molecular weight excluding hydrogens is 372 g/mol. The number of carbonyl (C=O) groups excluding carboxylic acids is 1. The van der Waals surface area contributed by atoms with Crippen LogP contribution in [0.25, 0.3) is 0 Å². The third kappa shape index (κ3) is 2.53. The zero-order valence-corrected chi connectivity index (χ0v) is 12.7. The molecule has 90 valence electrons. The number of nitrogens with two attached hydrogens (primary N) is 1. The van der Waals surface area contributed by atoms with Crippen LogP contribution in [-0.4, -0.2) is 16.1 Å². The highest BCUT2D eigenvalue weighted by Gasteiger charge is 2.15. The highest BCUT2D eigenvalue weighted by Crippen LogP contribution is 2.32. The number of thiophene rings is 1. The molecular formula is C9H8Br2N4OS. The fraction of sp³-hybridized carbons (Fsp3) is 0.111. The number of nitrogen functional groups attached to an aromatic ring is 1. The first-order valence-corrected chi connectivity index (χ1v) is 6.96. The zero-order chi connectivity index (χ0) is 12.6. The van der Waals surface area contributed by atoms with Crippen molar-refractivity contribution in [2.45, 2.75) is 6.92 Å². The summed E-state index contributed by atoms with van der Waals surface area (Å²) < 4.78 is 1.72. The van der Waals surface area contributed by atoms with Crippen LogP contribution in [0.2, 0.25) is 0 Å². The molecule has 2 heterocycles. The lowest BCUT2D eigenvalue weighted by atomic mass is 10.4. The Morgan fingerprint density at radius 2 is 2.29 bits per heavy atom. The minimum absolute atomic E-state index is 0.236. The lowest BCUT2D eigenvalue weighted by molar-refractivity contribution is 0.103. The SMILES string of the molecule is Cc1[nH]nc(NC(=O)c2cc(Br)c(Br)s2)c1N. The number of aryl methyl sites for hydroxylation is 1. The van der Waals surface area contributed by atoms with E-state index in [9.17, 15) is 4.79 Å². The van der Waals surface area contributed by atoms with Crippen LogP contribution in [0.3, 0.4) is 0 Å². The number of aromatic nitrogens is 2. The van der Waals surface area contributed by atoms with Crippen LogP contribution >= 0.6 is 43.2 Å². The van der Waals surface area contributed by atoms with Gasteiger partial charge in [-0.05, 0) is 44.8 Å². The summed E-state index contributed by atoms with van der Waals surface area (Å²) in [5.74, 6) is 0.118. The molecule has 0 aliphatic carbocycles. The van der Waals surface area contributed by atoms with Gasteiger partial charge in [-0.2, -0.15) is 5.10 Å². The molecule has 2 aromatic rings. The fourth-order valence-corrected chi connectivity index (χ4v) is 3.09. The normalized spacial score (nSPS) is 10.5. The molecule has 5 nitrogen and oxygen atoms in total. The van der Waals surface area contributed by atoms with E-state index in [-0.39, 0.29) is 5.91 Å². The standard InChI is InChI=1S/C9H8Br2N4OS/c1-3-6(12)8(15-14-3)13-9(16)5-2-4(10)7(11)17-5/h2H,12H2,1H3,(H2,13,14,15,16). The number of halogens is 2. The van der Waals surface area contributed by atoms with Gasteiger partial charge in [0, 0.05) is 4.47 Å². The van der Waals surface area contributed by atoms with Crippen LogP contribution in [0, 0.1) is 6.92 Å². The predicted molar refractivity (Wildman–Crippen MR) is 75.4 cm³/mol. The second-order valence-electron chi connectivity index (χ2n) is 3.30. The number of hydrogen-bond acceptors (Lipinski definition) is 4. The molecule has 0 bridgehead atoms. The van der Waals surface area contributed by atoms with E-state index in [1.54, 1.807) is 13.0 Å².